The first-order valence-corrected chi connectivity index (χ1v) is 9.01. The van der Waals surface area contributed by atoms with Gasteiger partial charge in [-0.15, -0.1) is 11.3 Å². The quantitative estimate of drug-likeness (QED) is 0.888. The van der Waals surface area contributed by atoms with Crippen molar-refractivity contribution in [2.45, 2.75) is 37.9 Å². The molecule has 0 atom stereocenters. The van der Waals surface area contributed by atoms with Gasteiger partial charge in [0.1, 0.15) is 0 Å². The molecule has 0 aliphatic carbocycles. The van der Waals surface area contributed by atoms with E-state index in [9.17, 15) is 13.5 Å². The average molecular weight is 325 g/mol. The molecular weight excluding hydrogens is 306 g/mol. The monoisotopic (exact) mass is 325 g/mol. The highest BCUT2D eigenvalue weighted by Gasteiger charge is 2.27. The standard InChI is InChI=1S/C15H19NO3S2/c1-12(2)16(10-14-6-4-8-20-14)21(18,19)15-7-3-5-13(9-15)11-17/h3-9,12,17H,10-11H2,1-2H3. The van der Waals surface area contributed by atoms with Crippen LogP contribution in [-0.2, 0) is 23.2 Å². The number of thiophene rings is 1. The lowest BCUT2D eigenvalue weighted by molar-refractivity contribution is 0.281. The highest BCUT2D eigenvalue weighted by molar-refractivity contribution is 7.89. The molecule has 0 saturated carbocycles. The highest BCUT2D eigenvalue weighted by atomic mass is 32.2. The second kappa shape index (κ2) is 6.70. The van der Waals surface area contributed by atoms with Gasteiger partial charge in [0.25, 0.3) is 0 Å². The predicted molar refractivity (Wildman–Crippen MR) is 84.5 cm³/mol. The molecule has 4 nitrogen and oxygen atoms in total. The van der Waals surface area contributed by atoms with E-state index in [1.54, 1.807) is 29.5 Å². The van der Waals surface area contributed by atoms with E-state index in [1.165, 1.54) is 10.4 Å². The minimum Gasteiger partial charge on any atom is -0.392 e. The van der Waals surface area contributed by atoms with Gasteiger partial charge in [-0.05, 0) is 43.0 Å². The van der Waals surface area contributed by atoms with Crippen LogP contribution in [0, 0.1) is 0 Å². The molecule has 0 radical (unpaired) electrons. The zero-order valence-corrected chi connectivity index (χ0v) is 13.7. The van der Waals surface area contributed by atoms with Gasteiger partial charge in [-0.3, -0.25) is 0 Å². The van der Waals surface area contributed by atoms with Crippen LogP contribution >= 0.6 is 11.3 Å². The Bertz CT molecular complexity index is 679. The number of sulfonamides is 1. The smallest absolute Gasteiger partial charge is 0.243 e. The topological polar surface area (TPSA) is 57.6 Å². The fourth-order valence-corrected chi connectivity index (χ4v) is 4.51. The Labute approximate surface area is 129 Å². The lowest BCUT2D eigenvalue weighted by atomic mass is 10.2. The Hall–Kier alpha value is -1.21. The van der Waals surface area contributed by atoms with Gasteiger partial charge in [-0.2, -0.15) is 4.31 Å². The normalized spacial score (nSPS) is 12.2. The van der Waals surface area contributed by atoms with Gasteiger partial charge in [0.2, 0.25) is 10.0 Å². The molecule has 2 aromatic rings. The van der Waals surface area contributed by atoms with Crippen LogP contribution in [0.15, 0.2) is 46.7 Å². The van der Waals surface area contributed by atoms with E-state index in [2.05, 4.69) is 0 Å². The molecular formula is C15H19NO3S2. The first-order valence-electron chi connectivity index (χ1n) is 6.69. The molecule has 0 unspecified atom stereocenters. The molecule has 114 valence electrons. The summed E-state index contributed by atoms with van der Waals surface area (Å²) >= 11 is 1.54. The van der Waals surface area contributed by atoms with Crippen LogP contribution in [0.3, 0.4) is 0 Å². The first-order chi connectivity index (χ1) is 9.95. The molecule has 1 aromatic heterocycles. The Kier molecular flexibility index (Phi) is 5.16. The lowest BCUT2D eigenvalue weighted by Gasteiger charge is -2.25. The van der Waals surface area contributed by atoms with Gasteiger partial charge in [-0.1, -0.05) is 18.2 Å². The van der Waals surface area contributed by atoms with Gasteiger partial charge in [0.15, 0.2) is 0 Å². The minimum absolute atomic E-state index is 0.144. The summed E-state index contributed by atoms with van der Waals surface area (Å²) in [4.78, 5) is 1.23. The van der Waals surface area contributed by atoms with Crippen molar-refractivity contribution in [2.24, 2.45) is 0 Å². The van der Waals surface area contributed by atoms with Crippen LogP contribution in [0.2, 0.25) is 0 Å². The maximum absolute atomic E-state index is 12.8. The molecule has 0 aliphatic heterocycles. The zero-order valence-electron chi connectivity index (χ0n) is 12.1. The molecule has 0 amide bonds. The SMILES string of the molecule is CC(C)N(Cc1cccs1)S(=O)(=O)c1cccc(CO)c1. The number of aliphatic hydroxyl groups is 1. The van der Waals surface area contributed by atoms with Crippen molar-refractivity contribution >= 4 is 21.4 Å². The number of hydrogen-bond donors (Lipinski definition) is 1. The van der Waals surface area contributed by atoms with Crippen LogP contribution in [0.5, 0.6) is 0 Å². The van der Waals surface area contributed by atoms with E-state index in [0.717, 1.165) is 4.88 Å². The summed E-state index contributed by atoms with van der Waals surface area (Å²) in [5.74, 6) is 0. The summed E-state index contributed by atoms with van der Waals surface area (Å²) in [7, 11) is -3.58. The van der Waals surface area contributed by atoms with Crippen molar-refractivity contribution in [3.63, 3.8) is 0 Å². The molecule has 0 bridgehead atoms. The van der Waals surface area contributed by atoms with E-state index in [0.29, 0.717) is 12.1 Å². The largest absolute Gasteiger partial charge is 0.392 e. The van der Waals surface area contributed by atoms with Crippen LogP contribution in [0.1, 0.15) is 24.3 Å². The molecule has 1 N–H and O–H groups in total. The summed E-state index contributed by atoms with van der Waals surface area (Å²) in [6.07, 6.45) is 0. The van der Waals surface area contributed by atoms with Crippen LogP contribution < -0.4 is 0 Å². The fourth-order valence-electron chi connectivity index (χ4n) is 2.04. The number of rotatable bonds is 6. The molecule has 2 rings (SSSR count). The van der Waals surface area contributed by atoms with Gasteiger partial charge in [0, 0.05) is 17.5 Å². The Morgan fingerprint density at radius 1 is 1.24 bits per heavy atom. The van der Waals surface area contributed by atoms with Gasteiger partial charge in [-0.25, -0.2) is 8.42 Å². The number of benzene rings is 1. The van der Waals surface area contributed by atoms with Crippen LogP contribution in [0.25, 0.3) is 0 Å². The molecule has 0 spiro atoms. The summed E-state index contributed by atoms with van der Waals surface area (Å²) in [6.45, 7) is 3.92. The second-order valence-corrected chi connectivity index (χ2v) is 7.95. The van der Waals surface area contributed by atoms with E-state index >= 15 is 0 Å². The predicted octanol–water partition coefficient (Wildman–Crippen LogP) is 2.84. The number of hydrogen-bond acceptors (Lipinski definition) is 4. The van der Waals surface area contributed by atoms with Crippen molar-refractivity contribution in [3.05, 3.63) is 52.2 Å². The van der Waals surface area contributed by atoms with Gasteiger partial charge < -0.3 is 5.11 Å². The molecule has 1 aromatic carbocycles. The molecule has 0 saturated heterocycles. The first kappa shape index (κ1) is 16.2. The van der Waals surface area contributed by atoms with Gasteiger partial charge >= 0.3 is 0 Å². The van der Waals surface area contributed by atoms with Crippen LogP contribution in [0.4, 0.5) is 0 Å². The fraction of sp³-hybridized carbons (Fsp3) is 0.333. The van der Waals surface area contributed by atoms with Crippen molar-refractivity contribution in [3.8, 4) is 0 Å². The van der Waals surface area contributed by atoms with E-state index in [1.807, 2.05) is 31.4 Å². The molecule has 6 heteroatoms. The van der Waals surface area contributed by atoms with Crippen molar-refractivity contribution < 1.29 is 13.5 Å². The maximum Gasteiger partial charge on any atom is 0.243 e. The third kappa shape index (κ3) is 3.71. The van der Waals surface area contributed by atoms with Gasteiger partial charge in [0.05, 0.1) is 11.5 Å². The number of aliphatic hydroxyl groups excluding tert-OH is 1. The summed E-state index contributed by atoms with van der Waals surface area (Å²) < 4.78 is 27.1. The molecule has 0 fully saturated rings. The third-order valence-corrected chi connectivity index (χ3v) is 6.03. The summed E-state index contributed by atoms with van der Waals surface area (Å²) in [6, 6.07) is 10.2. The summed E-state index contributed by atoms with van der Waals surface area (Å²) in [5, 5.41) is 11.1. The van der Waals surface area contributed by atoms with Crippen molar-refractivity contribution in [2.75, 3.05) is 0 Å². The molecule has 0 aliphatic rings. The Morgan fingerprint density at radius 3 is 2.57 bits per heavy atom. The Morgan fingerprint density at radius 2 is 2.00 bits per heavy atom. The van der Waals surface area contributed by atoms with Crippen molar-refractivity contribution in [1.29, 1.82) is 0 Å². The third-order valence-electron chi connectivity index (χ3n) is 3.16. The zero-order chi connectivity index (χ0) is 15.5. The van der Waals surface area contributed by atoms with E-state index < -0.39 is 10.0 Å². The Balaban J connectivity index is 2.37. The lowest BCUT2D eigenvalue weighted by Crippen LogP contribution is -2.36. The second-order valence-electron chi connectivity index (χ2n) is 5.03. The average Bonchev–Trinajstić information content (AvgIpc) is 2.97. The summed E-state index contributed by atoms with van der Waals surface area (Å²) in [5.41, 5.74) is 0.593. The minimum atomic E-state index is -3.58. The van der Waals surface area contributed by atoms with Crippen LogP contribution in [-0.4, -0.2) is 23.9 Å². The highest BCUT2D eigenvalue weighted by Crippen LogP contribution is 2.23. The number of nitrogens with zero attached hydrogens (tertiary/aromatic N) is 1. The van der Waals surface area contributed by atoms with Crippen molar-refractivity contribution in [1.82, 2.24) is 4.31 Å². The maximum atomic E-state index is 12.8. The molecule has 1 heterocycles. The van der Waals surface area contributed by atoms with E-state index in [-0.39, 0.29) is 17.5 Å². The molecule has 21 heavy (non-hydrogen) atoms. The van der Waals surface area contributed by atoms with E-state index in [4.69, 9.17) is 0 Å².